The van der Waals surface area contributed by atoms with Crippen LogP contribution in [0.25, 0.3) is 5.69 Å². The molecule has 0 aliphatic rings. The van der Waals surface area contributed by atoms with E-state index in [1.54, 1.807) is 31.2 Å². The molecule has 0 bridgehead atoms. The zero-order valence-corrected chi connectivity index (χ0v) is 13.5. The van der Waals surface area contributed by atoms with E-state index < -0.39 is 11.4 Å². The van der Waals surface area contributed by atoms with E-state index >= 15 is 0 Å². The first kappa shape index (κ1) is 15.7. The van der Waals surface area contributed by atoms with Crippen LogP contribution in [0.4, 0.5) is 0 Å². The first-order valence-corrected chi connectivity index (χ1v) is 7.63. The maximum Gasteiger partial charge on any atom is 0.362 e. The number of halogens is 2. The number of aromatic nitrogens is 2. The molecule has 0 saturated carbocycles. The van der Waals surface area contributed by atoms with Crippen molar-refractivity contribution < 1.29 is 9.53 Å². The van der Waals surface area contributed by atoms with Gasteiger partial charge in [-0.1, -0.05) is 27.5 Å². The van der Waals surface area contributed by atoms with Crippen LogP contribution in [0.5, 0.6) is 0 Å². The van der Waals surface area contributed by atoms with Gasteiger partial charge in [-0.15, -0.1) is 0 Å². The molecule has 110 valence electrons. The van der Waals surface area contributed by atoms with Gasteiger partial charge in [0.25, 0.3) is 0 Å². The highest BCUT2D eigenvalue weighted by atomic mass is 79.9. The molecule has 1 heterocycles. The summed E-state index contributed by atoms with van der Waals surface area (Å²) in [6, 6.07) is 8.27. The number of carbonyl (C=O) groups excluding carboxylic acids is 1. The Kier molecular flexibility index (Phi) is 5.14. The van der Waals surface area contributed by atoms with Crippen LogP contribution in [0.3, 0.4) is 0 Å². The summed E-state index contributed by atoms with van der Waals surface area (Å²) in [4.78, 5) is 23.7. The molecule has 21 heavy (non-hydrogen) atoms. The second-order valence-electron chi connectivity index (χ2n) is 4.21. The number of aryl methyl sites for hydroxylation is 1. The predicted molar refractivity (Wildman–Crippen MR) is 83.7 cm³/mol. The standard InChI is InChI=1S/C14H12BrClN2O3/c1-9-8-12(19)13(14(20)21-7-6-15)17-18(9)11-4-2-10(16)3-5-11/h2-5,8H,6-7H2,1H3. The summed E-state index contributed by atoms with van der Waals surface area (Å²) in [5, 5.41) is 5.18. The molecule has 0 unspecified atom stereocenters. The number of alkyl halides is 1. The fourth-order valence-electron chi connectivity index (χ4n) is 1.73. The van der Waals surface area contributed by atoms with E-state index in [1.807, 2.05) is 0 Å². The zero-order chi connectivity index (χ0) is 15.4. The average molecular weight is 372 g/mol. The summed E-state index contributed by atoms with van der Waals surface area (Å²) < 4.78 is 6.43. The summed E-state index contributed by atoms with van der Waals surface area (Å²) in [5.74, 6) is -0.734. The number of hydrogen-bond donors (Lipinski definition) is 0. The molecule has 0 radical (unpaired) electrons. The van der Waals surface area contributed by atoms with E-state index in [2.05, 4.69) is 21.0 Å². The van der Waals surface area contributed by atoms with Gasteiger partial charge in [-0.3, -0.25) is 4.79 Å². The van der Waals surface area contributed by atoms with Gasteiger partial charge in [-0.2, -0.15) is 5.10 Å². The van der Waals surface area contributed by atoms with E-state index in [4.69, 9.17) is 16.3 Å². The molecular weight excluding hydrogens is 360 g/mol. The molecule has 2 rings (SSSR count). The fourth-order valence-corrected chi connectivity index (χ4v) is 2.02. The highest BCUT2D eigenvalue weighted by molar-refractivity contribution is 9.09. The Hall–Kier alpha value is -1.66. The highest BCUT2D eigenvalue weighted by Gasteiger charge is 2.16. The fraction of sp³-hybridized carbons (Fsp3) is 0.214. The summed E-state index contributed by atoms with van der Waals surface area (Å²) in [6.45, 7) is 1.91. The third kappa shape index (κ3) is 3.71. The van der Waals surface area contributed by atoms with Crippen molar-refractivity contribution in [1.29, 1.82) is 0 Å². The number of esters is 1. The van der Waals surface area contributed by atoms with Gasteiger partial charge in [-0.25, -0.2) is 9.48 Å². The zero-order valence-electron chi connectivity index (χ0n) is 11.2. The molecule has 0 aliphatic carbocycles. The molecule has 0 fully saturated rings. The quantitative estimate of drug-likeness (QED) is 0.612. The van der Waals surface area contributed by atoms with E-state index in [0.29, 0.717) is 21.7 Å². The molecule has 1 aromatic heterocycles. The average Bonchev–Trinajstić information content (AvgIpc) is 2.46. The van der Waals surface area contributed by atoms with Gasteiger partial charge in [0.2, 0.25) is 11.1 Å². The molecule has 0 N–H and O–H groups in total. The first-order chi connectivity index (χ1) is 10.0. The van der Waals surface area contributed by atoms with Gasteiger partial charge in [-0.05, 0) is 31.2 Å². The third-order valence-electron chi connectivity index (χ3n) is 2.68. The van der Waals surface area contributed by atoms with Crippen LogP contribution in [0.2, 0.25) is 5.02 Å². The van der Waals surface area contributed by atoms with Crippen molar-refractivity contribution in [2.75, 3.05) is 11.9 Å². The molecule has 1 aromatic carbocycles. The minimum Gasteiger partial charge on any atom is -0.460 e. The SMILES string of the molecule is Cc1cc(=O)c(C(=O)OCCBr)nn1-c1ccc(Cl)cc1. The van der Waals surface area contributed by atoms with Gasteiger partial charge < -0.3 is 4.74 Å². The van der Waals surface area contributed by atoms with Crippen LogP contribution in [0.1, 0.15) is 16.2 Å². The number of ether oxygens (including phenoxy) is 1. The lowest BCUT2D eigenvalue weighted by atomic mass is 10.3. The Morgan fingerprint density at radius 3 is 2.67 bits per heavy atom. The highest BCUT2D eigenvalue weighted by Crippen LogP contribution is 2.13. The maximum atomic E-state index is 11.9. The summed E-state index contributed by atoms with van der Waals surface area (Å²) in [6.07, 6.45) is 0. The Bertz CT molecular complexity index is 713. The van der Waals surface area contributed by atoms with Crippen molar-refractivity contribution in [2.24, 2.45) is 0 Å². The maximum absolute atomic E-state index is 11.9. The lowest BCUT2D eigenvalue weighted by molar-refractivity contribution is 0.0520. The normalized spacial score (nSPS) is 10.4. The van der Waals surface area contributed by atoms with Crippen molar-refractivity contribution >= 4 is 33.5 Å². The van der Waals surface area contributed by atoms with Crippen molar-refractivity contribution in [3.63, 3.8) is 0 Å². The summed E-state index contributed by atoms with van der Waals surface area (Å²) in [5.41, 5.74) is 0.611. The van der Waals surface area contributed by atoms with Crippen molar-refractivity contribution in [3.05, 3.63) is 57.0 Å². The minimum atomic E-state index is -0.734. The lowest BCUT2D eigenvalue weighted by Gasteiger charge is -2.11. The van der Waals surface area contributed by atoms with Gasteiger partial charge in [0, 0.05) is 22.1 Å². The second kappa shape index (κ2) is 6.87. The van der Waals surface area contributed by atoms with Crippen molar-refractivity contribution in [3.8, 4) is 5.69 Å². The Morgan fingerprint density at radius 1 is 1.38 bits per heavy atom. The Balaban J connectivity index is 2.45. The molecule has 0 amide bonds. The molecule has 7 heteroatoms. The van der Waals surface area contributed by atoms with E-state index in [0.717, 1.165) is 0 Å². The summed E-state index contributed by atoms with van der Waals surface area (Å²) >= 11 is 8.99. The lowest BCUT2D eigenvalue weighted by Crippen LogP contribution is -2.24. The third-order valence-corrected chi connectivity index (χ3v) is 3.26. The van der Waals surface area contributed by atoms with E-state index in [-0.39, 0.29) is 12.3 Å². The van der Waals surface area contributed by atoms with Gasteiger partial charge >= 0.3 is 5.97 Å². The summed E-state index contributed by atoms with van der Waals surface area (Å²) in [7, 11) is 0. The van der Waals surface area contributed by atoms with E-state index in [9.17, 15) is 9.59 Å². The smallest absolute Gasteiger partial charge is 0.362 e. The first-order valence-electron chi connectivity index (χ1n) is 6.13. The monoisotopic (exact) mass is 370 g/mol. The van der Waals surface area contributed by atoms with Gasteiger partial charge in [0.05, 0.1) is 5.69 Å². The van der Waals surface area contributed by atoms with Crippen LogP contribution >= 0.6 is 27.5 Å². The number of benzene rings is 1. The molecule has 0 saturated heterocycles. The van der Waals surface area contributed by atoms with Gasteiger partial charge in [0.1, 0.15) is 6.61 Å². The van der Waals surface area contributed by atoms with Crippen LogP contribution in [0, 0.1) is 6.92 Å². The second-order valence-corrected chi connectivity index (χ2v) is 5.44. The molecule has 0 atom stereocenters. The van der Waals surface area contributed by atoms with Crippen LogP contribution in [-0.4, -0.2) is 27.7 Å². The molecule has 5 nitrogen and oxygen atoms in total. The number of nitrogens with zero attached hydrogens (tertiary/aromatic N) is 2. The Morgan fingerprint density at radius 2 is 2.05 bits per heavy atom. The molecular formula is C14H12BrClN2O3. The van der Waals surface area contributed by atoms with Gasteiger partial charge in [0.15, 0.2) is 0 Å². The topological polar surface area (TPSA) is 61.2 Å². The Labute approximate surface area is 134 Å². The van der Waals surface area contributed by atoms with E-state index in [1.165, 1.54) is 10.7 Å². The minimum absolute atomic E-state index is 0.175. The predicted octanol–water partition coefficient (Wildman–Crippen LogP) is 2.75. The number of carbonyl (C=O) groups is 1. The van der Waals surface area contributed by atoms with Crippen molar-refractivity contribution in [1.82, 2.24) is 9.78 Å². The van der Waals surface area contributed by atoms with Crippen LogP contribution in [0.15, 0.2) is 35.1 Å². The number of rotatable bonds is 4. The molecule has 2 aromatic rings. The molecule has 0 spiro atoms. The van der Waals surface area contributed by atoms with Crippen LogP contribution < -0.4 is 5.43 Å². The van der Waals surface area contributed by atoms with Crippen molar-refractivity contribution in [2.45, 2.75) is 6.92 Å². The number of hydrogen-bond acceptors (Lipinski definition) is 4. The van der Waals surface area contributed by atoms with Crippen LogP contribution in [-0.2, 0) is 4.74 Å². The largest absolute Gasteiger partial charge is 0.460 e. The molecule has 0 aliphatic heterocycles.